The summed E-state index contributed by atoms with van der Waals surface area (Å²) < 4.78 is 98.3. The second kappa shape index (κ2) is 13.9. The SMILES string of the molecule is [2H]c1c(Oc2ccc3c4c([2H])c([2H])c([2H])c([2H])c4n(-c4cc(C(C)(C)C)ccn4)c3c2)cc(N2CN(c3c(-c4ccccc4)c([2H])c([2H])c([2H])c3-c3ccccc3)c3ccccc32)c([2H])c1[2H]. The van der Waals surface area contributed by atoms with Gasteiger partial charge in [0.15, 0.2) is 0 Å². The van der Waals surface area contributed by atoms with Crippen molar-refractivity contribution in [3.8, 4) is 39.6 Å². The highest BCUT2D eigenvalue weighted by Gasteiger charge is 2.31. The normalized spacial score (nSPS) is 15.1. The molecule has 0 amide bonds. The Bertz CT molecular complexity index is 3420. The lowest BCUT2D eigenvalue weighted by Gasteiger charge is -2.27. The summed E-state index contributed by atoms with van der Waals surface area (Å²) in [6.45, 7) is 6.29. The van der Waals surface area contributed by atoms with Crippen molar-refractivity contribution in [3.63, 3.8) is 0 Å². The molecule has 7 aromatic carbocycles. The number of anilines is 4. The Kier molecular flexibility index (Phi) is 6.12. The number of para-hydroxylation sites is 4. The molecule has 0 atom stereocenters. The van der Waals surface area contributed by atoms with Gasteiger partial charge in [-0.05, 0) is 76.6 Å². The summed E-state index contributed by atoms with van der Waals surface area (Å²) in [6, 6.07) is 34.3. The Morgan fingerprint density at radius 2 is 1.25 bits per heavy atom. The lowest BCUT2D eigenvalue weighted by Crippen LogP contribution is -2.24. The first-order chi connectivity index (χ1) is 32.1. The number of hydrogen-bond acceptors (Lipinski definition) is 4. The molecule has 2 aromatic heterocycles. The minimum absolute atomic E-state index is 0.0126. The van der Waals surface area contributed by atoms with Gasteiger partial charge in [-0.3, -0.25) is 4.57 Å². The number of rotatable bonds is 7. The van der Waals surface area contributed by atoms with Crippen LogP contribution < -0.4 is 14.5 Å². The molecule has 0 saturated carbocycles. The molecule has 276 valence electrons. The number of fused-ring (bicyclic) bond motifs is 4. The van der Waals surface area contributed by atoms with E-state index in [9.17, 15) is 4.11 Å². The van der Waals surface area contributed by atoms with Gasteiger partial charge in [-0.1, -0.05) is 136 Å². The minimum atomic E-state index is -0.377. The number of benzene rings is 7. The van der Waals surface area contributed by atoms with Gasteiger partial charge >= 0.3 is 0 Å². The molecule has 0 radical (unpaired) electrons. The van der Waals surface area contributed by atoms with E-state index >= 15 is 0 Å². The molecule has 5 nitrogen and oxygen atoms in total. The van der Waals surface area contributed by atoms with Crippen LogP contribution >= 0.6 is 0 Å². The predicted molar refractivity (Wildman–Crippen MR) is 237 cm³/mol. The maximum Gasteiger partial charge on any atom is 0.137 e. The summed E-state index contributed by atoms with van der Waals surface area (Å²) in [5, 5.41) is 0.858. The molecule has 5 heteroatoms. The van der Waals surface area contributed by atoms with Gasteiger partial charge < -0.3 is 14.5 Å². The highest BCUT2D eigenvalue weighted by molar-refractivity contribution is 6.09. The van der Waals surface area contributed by atoms with Gasteiger partial charge in [0.1, 0.15) is 24.0 Å². The third kappa shape index (κ3) is 6.18. The van der Waals surface area contributed by atoms with Crippen molar-refractivity contribution in [1.82, 2.24) is 9.55 Å². The maximum atomic E-state index is 9.29. The average Bonchev–Trinajstić information content (AvgIpc) is 3.88. The molecule has 0 fully saturated rings. The summed E-state index contributed by atoms with van der Waals surface area (Å²) in [5.74, 6) is 0.683. The van der Waals surface area contributed by atoms with Gasteiger partial charge in [0.05, 0.1) is 41.8 Å². The number of ether oxygens (including phenoxy) is 1. The van der Waals surface area contributed by atoms with Crippen LogP contribution in [0.25, 0.3) is 49.9 Å². The Morgan fingerprint density at radius 1 is 0.579 bits per heavy atom. The van der Waals surface area contributed by atoms with Crippen LogP contribution in [0.5, 0.6) is 11.5 Å². The second-order valence-electron chi connectivity index (χ2n) is 15.0. The maximum absolute atomic E-state index is 9.29. The highest BCUT2D eigenvalue weighted by Crippen LogP contribution is 2.50. The molecular formula is C52H42N4O. The van der Waals surface area contributed by atoms with E-state index in [0.29, 0.717) is 61.4 Å². The number of aromatic nitrogens is 2. The predicted octanol–water partition coefficient (Wildman–Crippen LogP) is 13.8. The zero-order valence-electron chi connectivity index (χ0n) is 41.5. The quantitative estimate of drug-likeness (QED) is 0.163. The van der Waals surface area contributed by atoms with Crippen LogP contribution in [0.1, 0.15) is 40.0 Å². The van der Waals surface area contributed by atoms with E-state index in [4.69, 9.17) is 14.3 Å². The molecule has 3 heterocycles. The second-order valence-corrected chi connectivity index (χ2v) is 15.0. The van der Waals surface area contributed by atoms with Crippen LogP contribution in [0.4, 0.5) is 22.7 Å². The fourth-order valence-electron chi connectivity index (χ4n) is 7.59. The van der Waals surface area contributed by atoms with Gasteiger partial charge in [0.25, 0.3) is 0 Å². The molecule has 1 aliphatic heterocycles. The van der Waals surface area contributed by atoms with Gasteiger partial charge in [-0.2, -0.15) is 0 Å². The topological polar surface area (TPSA) is 33.5 Å². The summed E-state index contributed by atoms with van der Waals surface area (Å²) in [5.41, 5.74) is 5.95. The Labute approximate surface area is 347 Å². The first kappa shape index (κ1) is 25.1. The van der Waals surface area contributed by atoms with E-state index in [1.165, 1.54) is 0 Å². The van der Waals surface area contributed by atoms with Crippen LogP contribution in [0, 0.1) is 0 Å². The number of pyridine rings is 1. The molecule has 0 saturated heterocycles. The lowest BCUT2D eigenvalue weighted by molar-refractivity contribution is 0.483. The summed E-state index contributed by atoms with van der Waals surface area (Å²) in [4.78, 5) is 8.52. The number of hydrogen-bond donors (Lipinski definition) is 0. The minimum Gasteiger partial charge on any atom is -0.457 e. The Hall–Kier alpha value is -7.11. The first-order valence-corrected chi connectivity index (χ1v) is 18.8. The fraction of sp³-hybridized carbons (Fsp3) is 0.0962. The molecule has 0 unspecified atom stereocenters. The Morgan fingerprint density at radius 3 is 1.96 bits per heavy atom. The zero-order chi connectivity index (χ0) is 47.2. The van der Waals surface area contributed by atoms with Gasteiger partial charge in [0.2, 0.25) is 0 Å². The molecule has 0 bridgehead atoms. The Balaban J connectivity index is 1.13. The molecule has 1 aliphatic rings. The molecule has 10 rings (SSSR count). The monoisotopic (exact) mass is 748 g/mol. The van der Waals surface area contributed by atoms with E-state index in [2.05, 4.69) is 25.8 Å². The average molecular weight is 749 g/mol. The number of nitrogens with zero attached hydrogens (tertiary/aromatic N) is 4. The smallest absolute Gasteiger partial charge is 0.137 e. The van der Waals surface area contributed by atoms with Crippen molar-refractivity contribution < 1.29 is 18.4 Å². The van der Waals surface area contributed by atoms with Crippen molar-refractivity contribution >= 4 is 44.6 Å². The third-order valence-electron chi connectivity index (χ3n) is 10.4. The van der Waals surface area contributed by atoms with Gasteiger partial charge in [0, 0.05) is 45.9 Å². The van der Waals surface area contributed by atoms with Crippen molar-refractivity contribution in [3.05, 3.63) is 194 Å². The fourth-order valence-corrected chi connectivity index (χ4v) is 7.59. The van der Waals surface area contributed by atoms with Crippen LogP contribution in [0.15, 0.2) is 188 Å². The molecule has 9 aromatic rings. The summed E-state index contributed by atoms with van der Waals surface area (Å²) in [6.07, 6.45) is 1.68. The standard InChI is InChI=1S/C52H42N4O/c1-52(2,3)38-30-31-53-50(32-38)56-46-25-11-10-22-44(46)45-29-28-41(34-49(45)56)57-40-21-14-20-39(33-40)54-35-55(48-27-13-12-26-47(48)54)51-42(36-16-6-4-7-17-36)23-15-24-43(51)37-18-8-5-9-19-37/h4-34H,35H2,1-3H3/i10D,11D,14D,15D,20D,21D,22D,23D,24D,25D. The van der Waals surface area contributed by atoms with Gasteiger partial charge in [-0.25, -0.2) is 4.98 Å². The van der Waals surface area contributed by atoms with Crippen molar-refractivity contribution in [2.75, 3.05) is 16.5 Å². The van der Waals surface area contributed by atoms with Crippen molar-refractivity contribution in [1.29, 1.82) is 0 Å². The van der Waals surface area contributed by atoms with Crippen molar-refractivity contribution in [2.24, 2.45) is 0 Å². The van der Waals surface area contributed by atoms with E-state index in [1.807, 2.05) is 107 Å². The largest absolute Gasteiger partial charge is 0.457 e. The van der Waals surface area contributed by atoms with Crippen LogP contribution in [-0.2, 0) is 5.41 Å². The molecule has 0 spiro atoms. The molecular weight excluding hydrogens is 697 g/mol. The van der Waals surface area contributed by atoms with E-state index in [0.717, 1.165) is 5.56 Å². The van der Waals surface area contributed by atoms with Crippen LogP contribution in [0.3, 0.4) is 0 Å². The summed E-state index contributed by atoms with van der Waals surface area (Å²) in [7, 11) is 0. The molecule has 0 aliphatic carbocycles. The molecule has 0 N–H and O–H groups in total. The van der Waals surface area contributed by atoms with E-state index < -0.39 is 0 Å². The van der Waals surface area contributed by atoms with E-state index in [-0.39, 0.29) is 95.2 Å². The lowest BCUT2D eigenvalue weighted by atomic mass is 9.88. The molecule has 57 heavy (non-hydrogen) atoms. The highest BCUT2D eigenvalue weighted by atomic mass is 16.5. The van der Waals surface area contributed by atoms with Crippen molar-refractivity contribution in [2.45, 2.75) is 26.2 Å². The van der Waals surface area contributed by atoms with Gasteiger partial charge in [-0.15, -0.1) is 0 Å². The zero-order valence-corrected chi connectivity index (χ0v) is 31.5. The van der Waals surface area contributed by atoms with Crippen LogP contribution in [0.2, 0.25) is 0 Å². The third-order valence-corrected chi connectivity index (χ3v) is 10.4. The van der Waals surface area contributed by atoms with Crippen LogP contribution in [-0.4, -0.2) is 16.2 Å². The van der Waals surface area contributed by atoms with E-state index in [1.54, 1.807) is 35.0 Å². The first-order valence-electron chi connectivity index (χ1n) is 23.8. The summed E-state index contributed by atoms with van der Waals surface area (Å²) >= 11 is 0.